The van der Waals surface area contributed by atoms with Crippen molar-refractivity contribution in [2.75, 3.05) is 0 Å². The summed E-state index contributed by atoms with van der Waals surface area (Å²) in [5, 5.41) is 14.6. The van der Waals surface area contributed by atoms with E-state index in [0.717, 1.165) is 24.8 Å². The number of pyridine rings is 1. The maximum atomic E-state index is 13.5. The van der Waals surface area contributed by atoms with Gasteiger partial charge in [0, 0.05) is 9.68 Å². The highest BCUT2D eigenvalue weighted by Gasteiger charge is 2.20. The zero-order valence-electron chi connectivity index (χ0n) is 18.5. The molecule has 0 fully saturated rings. The first-order valence-corrected chi connectivity index (χ1v) is 8.61. The number of fused-ring (bicyclic) bond motifs is 1. The Morgan fingerprint density at radius 3 is 2.83 bits per heavy atom. The fourth-order valence-corrected chi connectivity index (χ4v) is 2.96. The first kappa shape index (κ1) is 15.2. The molecule has 4 rings (SSSR count). The minimum absolute atomic E-state index is 0.0970. The fraction of sp³-hybridized carbons (Fsp3) is 0.190. The Hall–Kier alpha value is -3.70. The van der Waals surface area contributed by atoms with Gasteiger partial charge in [0.1, 0.15) is 11.4 Å². The Balaban J connectivity index is 1.83. The molecule has 0 radical (unpaired) electrons. The molecule has 8 heteroatoms. The number of nitrogens with zero attached hydrogens (tertiary/aromatic N) is 6. The number of benzene rings is 1. The average molecular weight is 391 g/mol. The lowest BCUT2D eigenvalue weighted by Crippen LogP contribution is -2.19. The summed E-state index contributed by atoms with van der Waals surface area (Å²) >= 11 is 0. The van der Waals surface area contributed by atoms with Gasteiger partial charge < -0.3 is 5.11 Å². The van der Waals surface area contributed by atoms with E-state index in [4.69, 9.17) is 10.7 Å². The molecule has 0 saturated heterocycles. The molecule has 4 aromatic rings. The van der Waals surface area contributed by atoms with Crippen LogP contribution >= 0.6 is 0 Å². The molecular formula is C21H17FN6O. The van der Waals surface area contributed by atoms with Gasteiger partial charge in [-0.05, 0) is 44.0 Å². The van der Waals surface area contributed by atoms with Gasteiger partial charge in [0.25, 0.3) is 5.78 Å². The summed E-state index contributed by atoms with van der Waals surface area (Å²) < 4.78 is 37.5. The maximum Gasteiger partial charge on any atom is 0.251 e. The van der Waals surface area contributed by atoms with Crippen molar-refractivity contribution in [1.82, 2.24) is 24.6 Å². The summed E-state index contributed by atoms with van der Waals surface area (Å²) in [5.41, 5.74) is 0.882. The third-order valence-corrected chi connectivity index (χ3v) is 4.48. The van der Waals surface area contributed by atoms with Crippen LogP contribution in [-0.4, -0.2) is 29.7 Å². The van der Waals surface area contributed by atoms with Crippen LogP contribution < -0.4 is 0 Å². The van der Waals surface area contributed by atoms with Crippen molar-refractivity contribution in [3.63, 3.8) is 0 Å². The van der Waals surface area contributed by atoms with Crippen LogP contribution in [0, 0.1) is 19.3 Å². The number of halogens is 1. The summed E-state index contributed by atoms with van der Waals surface area (Å²) in [6.45, 7) is 7.66. The number of hydrogen-bond acceptors (Lipinski definition) is 5. The topological polar surface area (TPSA) is 80.6 Å². The lowest BCUT2D eigenvalue weighted by molar-refractivity contribution is 0.0734. The molecule has 3 heterocycles. The first-order valence-electron chi connectivity index (χ1n) is 10.1. The molecule has 29 heavy (non-hydrogen) atoms. The van der Waals surface area contributed by atoms with E-state index in [1.807, 2.05) is 19.1 Å². The van der Waals surface area contributed by atoms with Crippen molar-refractivity contribution in [3.8, 4) is 22.5 Å². The van der Waals surface area contributed by atoms with Crippen molar-refractivity contribution in [3.05, 3.63) is 71.3 Å². The van der Waals surface area contributed by atoms with Gasteiger partial charge in [0.15, 0.2) is 0 Å². The molecule has 3 aromatic heterocycles. The Kier molecular flexibility index (Phi) is 3.53. The van der Waals surface area contributed by atoms with Crippen LogP contribution in [0.4, 0.5) is 10.1 Å². The third-order valence-electron chi connectivity index (χ3n) is 4.48. The van der Waals surface area contributed by atoms with E-state index in [-0.39, 0.29) is 17.2 Å². The van der Waals surface area contributed by atoms with Crippen LogP contribution in [0.3, 0.4) is 0 Å². The molecule has 0 amide bonds. The largest absolute Gasteiger partial charge is 0.384 e. The Bertz CT molecular complexity index is 1390. The van der Waals surface area contributed by atoms with Gasteiger partial charge in [0.2, 0.25) is 5.69 Å². The quantitative estimate of drug-likeness (QED) is 0.532. The Morgan fingerprint density at radius 2 is 2.07 bits per heavy atom. The minimum Gasteiger partial charge on any atom is -0.384 e. The summed E-state index contributed by atoms with van der Waals surface area (Å²) in [7, 11) is 0. The van der Waals surface area contributed by atoms with Crippen molar-refractivity contribution < 1.29 is 13.6 Å². The normalized spacial score (nSPS) is 15.2. The first-order chi connectivity index (χ1) is 15.0. The van der Waals surface area contributed by atoms with Crippen molar-refractivity contribution in [2.24, 2.45) is 0 Å². The lowest BCUT2D eigenvalue weighted by atomic mass is 9.99. The predicted octanol–water partition coefficient (Wildman–Crippen LogP) is 4.08. The maximum absolute atomic E-state index is 13.5. The van der Waals surface area contributed by atoms with E-state index in [0.29, 0.717) is 22.5 Å². The lowest BCUT2D eigenvalue weighted by Gasteiger charge is -2.15. The summed E-state index contributed by atoms with van der Waals surface area (Å²) in [6.07, 6.45) is 3.78. The summed E-state index contributed by atoms with van der Waals surface area (Å²) in [4.78, 5) is 15.9. The van der Waals surface area contributed by atoms with Gasteiger partial charge in [-0.25, -0.2) is 19.2 Å². The second kappa shape index (κ2) is 6.72. The molecule has 1 N–H and O–H groups in total. The number of hydrogen-bond donors (Lipinski definition) is 1. The van der Waals surface area contributed by atoms with E-state index in [1.165, 1.54) is 16.9 Å². The number of aliphatic hydroxyl groups is 1. The molecule has 0 spiro atoms. The van der Waals surface area contributed by atoms with Gasteiger partial charge in [0.05, 0.1) is 42.2 Å². The summed E-state index contributed by atoms with van der Waals surface area (Å²) in [6, 6.07) is 6.60. The number of imidazole rings is 1. The van der Waals surface area contributed by atoms with Crippen LogP contribution in [-0.2, 0) is 5.60 Å². The molecule has 0 saturated carbocycles. The molecule has 1 unspecified atom stereocenters. The van der Waals surface area contributed by atoms with Crippen molar-refractivity contribution >= 4 is 11.5 Å². The Morgan fingerprint density at radius 1 is 1.24 bits per heavy atom. The molecule has 7 nitrogen and oxygen atoms in total. The van der Waals surface area contributed by atoms with Crippen LogP contribution in [0.2, 0.25) is 0 Å². The van der Waals surface area contributed by atoms with Gasteiger partial charge in [-0.1, -0.05) is 12.1 Å². The molecule has 0 bridgehead atoms. The second-order valence-electron chi connectivity index (χ2n) is 6.73. The van der Waals surface area contributed by atoms with Crippen LogP contribution in [0.15, 0.2) is 42.9 Å². The van der Waals surface area contributed by atoms with E-state index >= 15 is 0 Å². The van der Waals surface area contributed by atoms with Crippen LogP contribution in [0.1, 0.15) is 29.1 Å². The van der Waals surface area contributed by atoms with Gasteiger partial charge in [-0.15, -0.1) is 0 Å². The second-order valence-corrected chi connectivity index (χ2v) is 6.73. The van der Waals surface area contributed by atoms with Gasteiger partial charge in [-0.3, -0.25) is 4.98 Å². The van der Waals surface area contributed by atoms with Crippen LogP contribution in [0.25, 0.3) is 33.1 Å². The molecule has 0 aliphatic heterocycles. The zero-order valence-corrected chi connectivity index (χ0v) is 15.5. The molecule has 1 atom stereocenters. The third kappa shape index (κ3) is 3.32. The number of aromatic nitrogens is 5. The molecule has 0 aliphatic carbocycles. The van der Waals surface area contributed by atoms with Crippen molar-refractivity contribution in [2.45, 2.75) is 26.3 Å². The molecule has 144 valence electrons. The number of rotatable bonds is 3. The Labute approximate surface area is 170 Å². The fourth-order valence-electron chi connectivity index (χ4n) is 2.96. The van der Waals surface area contributed by atoms with E-state index in [9.17, 15) is 9.50 Å². The minimum atomic E-state index is -2.69. The van der Waals surface area contributed by atoms with Crippen LogP contribution in [0.5, 0.6) is 0 Å². The molecule has 1 aromatic carbocycles. The molecule has 0 aliphatic rings. The van der Waals surface area contributed by atoms with E-state index in [2.05, 4.69) is 24.9 Å². The van der Waals surface area contributed by atoms with Gasteiger partial charge in [-0.2, -0.15) is 9.61 Å². The smallest absolute Gasteiger partial charge is 0.251 e. The highest BCUT2D eigenvalue weighted by atomic mass is 19.1. The van der Waals surface area contributed by atoms with E-state index in [1.54, 1.807) is 6.07 Å². The van der Waals surface area contributed by atoms with Crippen molar-refractivity contribution in [1.29, 1.82) is 0 Å². The summed E-state index contributed by atoms with van der Waals surface area (Å²) in [5.74, 6) is -0.472. The highest BCUT2D eigenvalue weighted by Crippen LogP contribution is 2.34. The van der Waals surface area contributed by atoms with Gasteiger partial charge >= 0.3 is 0 Å². The monoisotopic (exact) mass is 391 g/mol. The average Bonchev–Trinajstić information content (AvgIpc) is 3.16. The van der Waals surface area contributed by atoms with E-state index < -0.39 is 18.3 Å². The highest BCUT2D eigenvalue weighted by molar-refractivity contribution is 5.80. The SMILES string of the molecule is [2H]C([2H])([2H])C(C)(O)c1cnn2c(-c3ccc(C)c(-c4ncc(F)cc4[N+]#[C-])c3)cnc2n1. The predicted molar refractivity (Wildman–Crippen MR) is 106 cm³/mol. The molecular weight excluding hydrogens is 371 g/mol. The standard InChI is InChI=1S/C21H17FN6O/c1-12-5-6-13(7-15(12)19-16(23-4)8-14(22)9-24-19)17-10-25-20-27-18(21(2,3)29)11-26-28(17)20/h5-11,29H,1-3H3/i2D3. The zero-order chi connectivity index (χ0) is 23.3. The number of aryl methyl sites for hydroxylation is 1.